The molecule has 0 aromatic heterocycles. The molecule has 0 atom stereocenters. The van der Waals surface area contributed by atoms with Crippen LogP contribution in [0.1, 0.15) is 12.5 Å². The maximum absolute atomic E-state index is 6.58. The summed E-state index contributed by atoms with van der Waals surface area (Å²) in [7, 11) is -3.52. The van der Waals surface area contributed by atoms with E-state index in [1.165, 1.54) is 15.9 Å². The van der Waals surface area contributed by atoms with Gasteiger partial charge in [0.25, 0.3) is 0 Å². The van der Waals surface area contributed by atoms with E-state index in [-0.39, 0.29) is 0 Å². The average Bonchev–Trinajstić information content (AvgIpc) is 2.14. The van der Waals surface area contributed by atoms with Gasteiger partial charge in [-0.05, 0) is 22.4 Å². The fraction of sp³-hybridized carbons (Fsp3) is 0.500. The predicted octanol–water partition coefficient (Wildman–Crippen LogP) is 3.55. The van der Waals surface area contributed by atoms with Crippen LogP contribution in [0.15, 0.2) is 18.2 Å². The minimum Gasteiger partial charge on any atom is -0.162 e. The van der Waals surface area contributed by atoms with Crippen molar-refractivity contribution in [1.29, 1.82) is 0 Å². The Morgan fingerprint density at radius 2 is 1.56 bits per heavy atom. The molecule has 0 spiro atoms. The Labute approximate surface area is 110 Å². The number of benzene rings is 1. The molecule has 0 radical (unpaired) electrons. The first-order valence-electron chi connectivity index (χ1n) is 5.68. The largest absolute Gasteiger partial charge is 0.181 e. The van der Waals surface area contributed by atoms with Gasteiger partial charge in [-0.1, -0.05) is 51.3 Å². The third-order valence-electron chi connectivity index (χ3n) is 2.82. The molecule has 0 aliphatic heterocycles. The highest BCUT2D eigenvalue weighted by molar-refractivity contribution is 7.27. The van der Waals surface area contributed by atoms with Crippen LogP contribution < -0.4 is 10.4 Å². The molecule has 0 fully saturated rings. The summed E-state index contributed by atoms with van der Waals surface area (Å²) in [5.41, 5.74) is 1.38. The van der Waals surface area contributed by atoms with Crippen molar-refractivity contribution >= 4 is 47.3 Å². The van der Waals surface area contributed by atoms with E-state index in [4.69, 9.17) is 22.2 Å². The number of aryl methyl sites for hydroxylation is 1. The summed E-state index contributed by atoms with van der Waals surface area (Å²) < 4.78 is 0. The quantitative estimate of drug-likeness (QED) is 0.590. The molecule has 0 nitrogen and oxygen atoms in total. The second kappa shape index (κ2) is 4.85. The van der Waals surface area contributed by atoms with Gasteiger partial charge in [0.05, 0.1) is 0 Å². The minimum absolute atomic E-state index is 1.04. The monoisotopic (exact) mass is 290 g/mol. The van der Waals surface area contributed by atoms with Crippen molar-refractivity contribution in [3.05, 3.63) is 23.8 Å². The molecular weight excluding hydrogens is 271 g/mol. The van der Waals surface area contributed by atoms with Gasteiger partial charge in [0.2, 0.25) is 0 Å². The second-order valence-electron chi connectivity index (χ2n) is 5.17. The number of hydrogen-bond donors (Lipinski definition) is 0. The molecule has 0 bridgehead atoms. The zero-order valence-corrected chi connectivity index (χ0v) is 14.2. The van der Waals surface area contributed by atoms with E-state index in [0.29, 0.717) is 0 Å². The van der Waals surface area contributed by atoms with Gasteiger partial charge >= 0.3 is 0 Å². The van der Waals surface area contributed by atoms with Crippen molar-refractivity contribution in [3.63, 3.8) is 0 Å². The van der Waals surface area contributed by atoms with Crippen LogP contribution in [0.25, 0.3) is 0 Å². The Hall–Kier alpha value is 0.234. The Kier molecular flexibility index (Phi) is 4.33. The molecule has 0 saturated carbocycles. The van der Waals surface area contributed by atoms with Crippen molar-refractivity contribution in [2.75, 3.05) is 0 Å². The highest BCUT2D eigenvalue weighted by atomic mass is 35.6. The number of rotatable bonds is 3. The molecule has 90 valence electrons. The third-order valence-corrected chi connectivity index (χ3v) is 7.51. The summed E-state index contributed by atoms with van der Waals surface area (Å²) >= 11 is 13.1. The van der Waals surface area contributed by atoms with E-state index in [1.54, 1.807) is 0 Å². The Morgan fingerprint density at radius 3 is 1.94 bits per heavy atom. The predicted molar refractivity (Wildman–Crippen MR) is 81.8 cm³/mol. The van der Waals surface area contributed by atoms with Gasteiger partial charge in [-0.3, -0.25) is 0 Å². The lowest BCUT2D eigenvalue weighted by Crippen LogP contribution is -2.44. The molecule has 0 aliphatic rings. The highest BCUT2D eigenvalue weighted by Gasteiger charge is 2.27. The molecule has 1 aromatic carbocycles. The van der Waals surface area contributed by atoms with Gasteiger partial charge in [0.1, 0.15) is 0 Å². The van der Waals surface area contributed by atoms with E-state index in [1.807, 2.05) is 0 Å². The zero-order valence-electron chi connectivity index (χ0n) is 10.7. The summed E-state index contributed by atoms with van der Waals surface area (Å²) in [6, 6.07) is 6.65. The Morgan fingerprint density at radius 1 is 1.00 bits per heavy atom. The molecule has 4 heteroatoms. The molecule has 0 aliphatic carbocycles. The number of hydrogen-bond acceptors (Lipinski definition) is 0. The summed E-state index contributed by atoms with van der Waals surface area (Å²) in [6.45, 7) is 10.8. The van der Waals surface area contributed by atoms with Crippen molar-refractivity contribution < 1.29 is 0 Å². The molecule has 0 amide bonds. The molecule has 0 heterocycles. The summed E-state index contributed by atoms with van der Waals surface area (Å²) in [4.78, 5) is 0. The Balaban J connectivity index is 3.34. The van der Waals surface area contributed by atoms with E-state index < -0.39 is 14.8 Å². The van der Waals surface area contributed by atoms with Gasteiger partial charge in [-0.25, -0.2) is 0 Å². The normalized spacial score (nSPS) is 12.9. The summed E-state index contributed by atoms with van der Waals surface area (Å²) in [6.07, 6.45) is 1.04. The Bertz CT molecular complexity index is 376. The van der Waals surface area contributed by atoms with E-state index in [0.717, 1.165) is 6.42 Å². The fourth-order valence-electron chi connectivity index (χ4n) is 1.81. The van der Waals surface area contributed by atoms with Gasteiger partial charge in [-0.2, -0.15) is 22.2 Å². The van der Waals surface area contributed by atoms with E-state index in [9.17, 15) is 0 Å². The van der Waals surface area contributed by atoms with Crippen LogP contribution in [0.4, 0.5) is 0 Å². The average molecular weight is 291 g/mol. The standard InChI is InChI=1S/C12H20Cl2Si2/c1-6-10-7-8-11(15(2,3)13)9-12(10)16(4,5)14/h7-9H,6H2,1-5H3. The van der Waals surface area contributed by atoms with Crippen LogP contribution in [-0.2, 0) is 6.42 Å². The smallest absolute Gasteiger partial charge is 0.162 e. The van der Waals surface area contributed by atoms with Crippen molar-refractivity contribution in [2.24, 2.45) is 0 Å². The van der Waals surface area contributed by atoms with Crippen LogP contribution in [0.5, 0.6) is 0 Å². The molecule has 0 saturated heterocycles. The maximum Gasteiger partial charge on any atom is 0.181 e. The maximum atomic E-state index is 6.58. The molecule has 0 unspecified atom stereocenters. The lowest BCUT2D eigenvalue weighted by molar-refractivity contribution is 1.15. The van der Waals surface area contributed by atoms with Crippen molar-refractivity contribution in [3.8, 4) is 0 Å². The first-order chi connectivity index (χ1) is 7.16. The SMILES string of the molecule is CCc1ccc([Si](C)(C)Cl)cc1[Si](C)(C)Cl. The van der Waals surface area contributed by atoms with Crippen molar-refractivity contribution in [1.82, 2.24) is 0 Å². The van der Waals surface area contributed by atoms with Crippen LogP contribution in [0.2, 0.25) is 26.2 Å². The van der Waals surface area contributed by atoms with Gasteiger partial charge in [-0.15, -0.1) is 0 Å². The zero-order chi connectivity index (χ0) is 12.6. The number of halogens is 2. The molecule has 16 heavy (non-hydrogen) atoms. The lowest BCUT2D eigenvalue weighted by atomic mass is 10.2. The molecule has 0 N–H and O–H groups in total. The second-order valence-corrected chi connectivity index (χ2v) is 17.8. The lowest BCUT2D eigenvalue weighted by Gasteiger charge is -2.22. The van der Waals surface area contributed by atoms with Gasteiger partial charge in [0.15, 0.2) is 14.8 Å². The third kappa shape index (κ3) is 3.36. The van der Waals surface area contributed by atoms with Gasteiger partial charge < -0.3 is 0 Å². The first-order valence-corrected chi connectivity index (χ1v) is 13.7. The van der Waals surface area contributed by atoms with Crippen LogP contribution in [-0.4, -0.2) is 14.8 Å². The molecule has 1 rings (SSSR count). The summed E-state index contributed by atoms with van der Waals surface area (Å²) in [5.74, 6) is 0. The summed E-state index contributed by atoms with van der Waals surface area (Å²) in [5, 5.41) is 2.65. The molecule has 1 aromatic rings. The van der Waals surface area contributed by atoms with E-state index in [2.05, 4.69) is 51.3 Å². The van der Waals surface area contributed by atoms with Crippen LogP contribution in [0, 0.1) is 0 Å². The fourth-order valence-corrected chi connectivity index (χ4v) is 5.32. The highest BCUT2D eigenvalue weighted by Crippen LogP contribution is 2.14. The van der Waals surface area contributed by atoms with Gasteiger partial charge in [0, 0.05) is 0 Å². The van der Waals surface area contributed by atoms with Crippen LogP contribution >= 0.6 is 22.2 Å². The first kappa shape index (κ1) is 14.3. The topological polar surface area (TPSA) is 0 Å². The van der Waals surface area contributed by atoms with Crippen LogP contribution in [0.3, 0.4) is 0 Å². The molecular formula is C12H20Cl2Si2. The van der Waals surface area contributed by atoms with Crippen molar-refractivity contribution in [2.45, 2.75) is 39.5 Å². The van der Waals surface area contributed by atoms with E-state index >= 15 is 0 Å². The minimum atomic E-state index is -1.77.